The number of allylic oxidation sites excluding steroid dienone is 8. The van der Waals surface area contributed by atoms with Crippen molar-refractivity contribution < 1.29 is 17.5 Å². The molecule has 1 aliphatic carbocycles. The summed E-state index contributed by atoms with van der Waals surface area (Å²) in [5.74, 6) is -0.360. The number of rotatable bonds is 8. The van der Waals surface area contributed by atoms with Crippen LogP contribution >= 0.6 is 11.6 Å². The van der Waals surface area contributed by atoms with Gasteiger partial charge in [-0.15, -0.1) is 0 Å². The molecule has 2 heterocycles. The molecule has 0 radical (unpaired) electrons. The second kappa shape index (κ2) is 13.5. The van der Waals surface area contributed by atoms with E-state index in [1.165, 1.54) is 38.9 Å². The number of halogens is 1. The molecule has 0 fully saturated rings. The Labute approximate surface area is 314 Å². The molecule has 7 rings (SSSR count). The van der Waals surface area contributed by atoms with Crippen molar-refractivity contribution in [2.45, 2.75) is 85.0 Å². The Morgan fingerprint density at radius 3 is 2.15 bits per heavy atom. The van der Waals surface area contributed by atoms with Gasteiger partial charge in [-0.25, -0.2) is 0 Å². The summed E-state index contributed by atoms with van der Waals surface area (Å²) < 4.78 is 36.1. The molecule has 1 N–H and O–H groups in total. The van der Waals surface area contributed by atoms with Crippen molar-refractivity contribution in [3.8, 4) is 0 Å². The summed E-state index contributed by atoms with van der Waals surface area (Å²) in [5, 5.41) is 5.69. The van der Waals surface area contributed by atoms with E-state index in [0.717, 1.165) is 76.1 Å². The zero-order valence-corrected chi connectivity index (χ0v) is 33.0. The van der Waals surface area contributed by atoms with E-state index in [2.05, 4.69) is 143 Å². The molecule has 4 aromatic rings. The average Bonchev–Trinajstić information content (AvgIpc) is 3.44. The molecule has 5 nitrogen and oxygen atoms in total. The van der Waals surface area contributed by atoms with Gasteiger partial charge in [-0.05, 0) is 103 Å². The second-order valence-electron chi connectivity index (χ2n) is 15.9. The predicted octanol–water partition coefficient (Wildman–Crippen LogP) is 11.1. The molecule has 0 aromatic heterocycles. The van der Waals surface area contributed by atoms with Gasteiger partial charge in [0, 0.05) is 52.5 Å². The van der Waals surface area contributed by atoms with E-state index in [9.17, 15) is 13.0 Å². The largest absolute Gasteiger partial charge is 0.343 e. The Morgan fingerprint density at radius 1 is 0.846 bits per heavy atom. The molecule has 0 bridgehead atoms. The number of anilines is 1. The third-order valence-corrected chi connectivity index (χ3v) is 12.5. The highest BCUT2D eigenvalue weighted by Crippen LogP contribution is 2.51. The summed E-state index contributed by atoms with van der Waals surface area (Å²) in [7, 11) is -4.16. The fourth-order valence-corrected chi connectivity index (χ4v) is 9.63. The lowest BCUT2D eigenvalue weighted by Crippen LogP contribution is -2.30. The van der Waals surface area contributed by atoms with E-state index in [0.29, 0.717) is 0 Å². The molecule has 2 aliphatic heterocycles. The molecule has 0 unspecified atom stereocenters. The highest BCUT2D eigenvalue weighted by molar-refractivity contribution is 7.85. The van der Waals surface area contributed by atoms with E-state index in [1.54, 1.807) is 0 Å². The zero-order chi connectivity index (χ0) is 37.2. The Morgan fingerprint density at radius 2 is 1.50 bits per heavy atom. The minimum atomic E-state index is -4.16. The van der Waals surface area contributed by atoms with Gasteiger partial charge in [0.1, 0.15) is 6.54 Å². The molecular formula is C45H50ClN2O3S+. The van der Waals surface area contributed by atoms with Crippen molar-refractivity contribution in [2.75, 3.05) is 23.7 Å². The second-order valence-corrected chi connectivity index (χ2v) is 17.8. The van der Waals surface area contributed by atoms with Crippen LogP contribution in [0.3, 0.4) is 0 Å². The molecule has 270 valence electrons. The molecule has 3 aliphatic rings. The molecule has 0 saturated heterocycles. The molecule has 52 heavy (non-hydrogen) atoms. The van der Waals surface area contributed by atoms with Crippen LogP contribution in [0.4, 0.5) is 11.4 Å². The highest BCUT2D eigenvalue weighted by atomic mass is 35.5. The maximum atomic E-state index is 12.0. The molecule has 4 aromatic carbocycles. The van der Waals surface area contributed by atoms with Crippen molar-refractivity contribution in [1.29, 1.82) is 0 Å². The van der Waals surface area contributed by atoms with Gasteiger partial charge in [0.25, 0.3) is 10.1 Å². The topological polar surface area (TPSA) is 60.6 Å². The van der Waals surface area contributed by atoms with Crippen LogP contribution in [0.1, 0.15) is 82.6 Å². The first-order valence-corrected chi connectivity index (χ1v) is 20.5. The van der Waals surface area contributed by atoms with Gasteiger partial charge in [-0.1, -0.05) is 98.1 Å². The van der Waals surface area contributed by atoms with Crippen molar-refractivity contribution in [3.05, 3.63) is 129 Å². The fraction of sp³-hybridized carbons (Fsp3) is 0.356. The number of hydrogen-bond acceptors (Lipinski definition) is 3. The fourth-order valence-electron chi connectivity index (χ4n) is 8.91. The summed E-state index contributed by atoms with van der Waals surface area (Å²) in [4.78, 5) is 2.06. The molecule has 0 spiro atoms. The van der Waals surface area contributed by atoms with E-state index in [4.69, 9.17) is 11.6 Å². The monoisotopic (exact) mass is 733 g/mol. The van der Waals surface area contributed by atoms with Crippen LogP contribution in [0.5, 0.6) is 0 Å². The quantitative estimate of drug-likeness (QED) is 0.145. The standard InChI is InChI=1S/C45H49ClN2O3S/c1-8-24-47-37-20-14-33-27-29(2)12-18-35(33)41(37)44(4,5)39(47)22-16-31-10-9-11-32(43(31)46)17-23-40-45(6,7)42-36-19-13-30(3)28-34(36)15-21-38(42)48(40)25-26-52(49,50)51/h12-23,27-28H,8-11,24-26H2,1-7H3/p+1. The lowest BCUT2D eigenvalue weighted by Gasteiger charge is -2.27. The lowest BCUT2D eigenvalue weighted by atomic mass is 9.78. The summed E-state index contributed by atoms with van der Waals surface area (Å²) in [6.45, 7) is 16.6. The van der Waals surface area contributed by atoms with Crippen LogP contribution in [0.2, 0.25) is 0 Å². The maximum Gasteiger partial charge on any atom is 0.266 e. The molecule has 7 heteroatoms. The summed E-state index contributed by atoms with van der Waals surface area (Å²) in [6, 6.07) is 22.0. The third kappa shape index (κ3) is 6.37. The van der Waals surface area contributed by atoms with Crippen molar-refractivity contribution in [1.82, 2.24) is 0 Å². The third-order valence-electron chi connectivity index (χ3n) is 11.4. The minimum Gasteiger partial charge on any atom is -0.343 e. The van der Waals surface area contributed by atoms with Crippen LogP contribution in [0.25, 0.3) is 21.5 Å². The van der Waals surface area contributed by atoms with Gasteiger partial charge >= 0.3 is 0 Å². The van der Waals surface area contributed by atoms with E-state index >= 15 is 0 Å². The van der Waals surface area contributed by atoms with E-state index < -0.39 is 15.5 Å². The van der Waals surface area contributed by atoms with E-state index in [-0.39, 0.29) is 17.7 Å². The number of benzene rings is 4. The van der Waals surface area contributed by atoms with Gasteiger partial charge < -0.3 is 4.90 Å². The molecular weight excluding hydrogens is 684 g/mol. The van der Waals surface area contributed by atoms with Crippen LogP contribution in [0.15, 0.2) is 107 Å². The van der Waals surface area contributed by atoms with Crippen LogP contribution in [-0.4, -0.2) is 42.1 Å². The Kier molecular flexibility index (Phi) is 9.42. The van der Waals surface area contributed by atoms with Gasteiger partial charge in [0.15, 0.2) is 5.71 Å². The van der Waals surface area contributed by atoms with Gasteiger partial charge in [-0.3, -0.25) is 4.55 Å². The number of hydrogen-bond donors (Lipinski definition) is 1. The van der Waals surface area contributed by atoms with Crippen molar-refractivity contribution in [2.24, 2.45) is 0 Å². The first kappa shape index (κ1) is 36.4. The smallest absolute Gasteiger partial charge is 0.266 e. The normalized spacial score (nSPS) is 20.0. The molecule has 0 atom stereocenters. The van der Waals surface area contributed by atoms with Crippen LogP contribution in [-0.2, 0) is 20.9 Å². The van der Waals surface area contributed by atoms with Crippen LogP contribution < -0.4 is 4.90 Å². The van der Waals surface area contributed by atoms with Gasteiger partial charge in [-0.2, -0.15) is 13.0 Å². The van der Waals surface area contributed by atoms with E-state index in [1.807, 2.05) is 0 Å². The number of fused-ring (bicyclic) bond motifs is 6. The summed E-state index contributed by atoms with van der Waals surface area (Å²) in [6.07, 6.45) is 12.6. The zero-order valence-electron chi connectivity index (χ0n) is 31.5. The van der Waals surface area contributed by atoms with Crippen molar-refractivity contribution in [3.63, 3.8) is 0 Å². The SMILES string of the molecule is CCC[N+]1=C(/C=C/C2=C(Cl)C(=C/C=C3\N(CCS(=O)(=O)O)c4ccc5cc(C)ccc5c4C3(C)C)/CCC2)C(C)(C)c2c1ccc1cc(C)ccc21. The Bertz CT molecular complexity index is 2410. The number of aryl methyl sites for hydroxylation is 2. The maximum absolute atomic E-state index is 12.0. The summed E-state index contributed by atoms with van der Waals surface area (Å²) in [5.41, 5.74) is 11.2. The van der Waals surface area contributed by atoms with Crippen LogP contribution in [0, 0.1) is 13.8 Å². The highest BCUT2D eigenvalue weighted by Gasteiger charge is 2.45. The first-order chi connectivity index (χ1) is 24.6. The predicted molar refractivity (Wildman–Crippen MR) is 219 cm³/mol. The number of nitrogens with zero attached hydrogens (tertiary/aromatic N) is 2. The minimum absolute atomic E-state index is 0.152. The molecule has 0 amide bonds. The Hall–Kier alpha value is -3.97. The van der Waals surface area contributed by atoms with Crippen molar-refractivity contribution >= 4 is 60.4 Å². The Balaban J connectivity index is 1.27. The lowest BCUT2D eigenvalue weighted by molar-refractivity contribution is -0.437. The first-order valence-electron chi connectivity index (χ1n) is 18.6. The van der Waals surface area contributed by atoms with Gasteiger partial charge in [0.2, 0.25) is 5.69 Å². The average molecular weight is 734 g/mol. The van der Waals surface area contributed by atoms with Gasteiger partial charge in [0.05, 0.1) is 11.2 Å². The summed E-state index contributed by atoms with van der Waals surface area (Å²) >= 11 is 7.26. The molecule has 0 saturated carbocycles.